The van der Waals surface area contributed by atoms with Crippen molar-refractivity contribution < 1.29 is 9.53 Å². The largest absolute Gasteiger partial charge is 0.497 e. The number of likely N-dealkylation sites (tertiary alicyclic amines) is 1. The van der Waals surface area contributed by atoms with Gasteiger partial charge < -0.3 is 15.8 Å². The van der Waals surface area contributed by atoms with Gasteiger partial charge in [0.25, 0.3) is 0 Å². The highest BCUT2D eigenvalue weighted by Crippen LogP contribution is 2.21. The second-order valence-corrected chi connectivity index (χ2v) is 8.16. The first kappa shape index (κ1) is 19.7. The zero-order chi connectivity index (χ0) is 18.4. The second-order valence-electron chi connectivity index (χ2n) is 8.16. The van der Waals surface area contributed by atoms with Crippen molar-refractivity contribution in [2.45, 2.75) is 46.2 Å². The fourth-order valence-electron chi connectivity index (χ4n) is 3.09. The van der Waals surface area contributed by atoms with Crippen LogP contribution in [0.2, 0.25) is 0 Å². The molecule has 5 nitrogen and oxygen atoms in total. The molecule has 1 aromatic carbocycles. The van der Waals surface area contributed by atoms with Gasteiger partial charge in [-0.2, -0.15) is 0 Å². The molecule has 1 saturated heterocycles. The second kappa shape index (κ2) is 8.68. The molecule has 0 aromatic heterocycles. The SMILES string of the molecule is COc1ccc(CN2CCC(CNC(=O)[C@@H](N)C(C)(C)C)CC2)cc1. The van der Waals surface area contributed by atoms with Crippen molar-refractivity contribution in [3.8, 4) is 5.75 Å². The molecule has 1 fully saturated rings. The van der Waals surface area contributed by atoms with Crippen LogP contribution in [0, 0.1) is 11.3 Å². The quantitative estimate of drug-likeness (QED) is 0.829. The molecule has 0 saturated carbocycles. The van der Waals surface area contributed by atoms with Gasteiger partial charge in [0, 0.05) is 13.1 Å². The number of amides is 1. The smallest absolute Gasteiger partial charge is 0.237 e. The summed E-state index contributed by atoms with van der Waals surface area (Å²) < 4.78 is 5.20. The summed E-state index contributed by atoms with van der Waals surface area (Å²) in [5.41, 5.74) is 7.12. The zero-order valence-corrected chi connectivity index (χ0v) is 16.0. The number of hydrogen-bond acceptors (Lipinski definition) is 4. The zero-order valence-electron chi connectivity index (χ0n) is 16.0. The highest BCUT2D eigenvalue weighted by molar-refractivity contribution is 5.82. The molecule has 0 radical (unpaired) electrons. The van der Waals surface area contributed by atoms with Crippen LogP contribution in [-0.2, 0) is 11.3 Å². The van der Waals surface area contributed by atoms with E-state index < -0.39 is 6.04 Å². The van der Waals surface area contributed by atoms with Gasteiger partial charge in [-0.15, -0.1) is 0 Å². The Kier molecular flexibility index (Phi) is 6.85. The first-order chi connectivity index (χ1) is 11.8. The summed E-state index contributed by atoms with van der Waals surface area (Å²) in [5, 5.41) is 3.04. The minimum Gasteiger partial charge on any atom is -0.497 e. The Balaban J connectivity index is 1.71. The van der Waals surface area contributed by atoms with Gasteiger partial charge in [-0.05, 0) is 55.0 Å². The fourth-order valence-corrected chi connectivity index (χ4v) is 3.09. The number of rotatable bonds is 6. The summed E-state index contributed by atoms with van der Waals surface area (Å²) in [6.07, 6.45) is 2.22. The van der Waals surface area contributed by atoms with E-state index in [1.165, 1.54) is 5.56 Å². The normalized spacial score (nSPS) is 18.0. The van der Waals surface area contributed by atoms with Gasteiger partial charge in [0.1, 0.15) is 5.75 Å². The number of piperidine rings is 1. The average molecular weight is 348 g/mol. The molecule has 0 bridgehead atoms. The number of carbonyl (C=O) groups excluding carboxylic acids is 1. The molecular formula is C20H33N3O2. The molecule has 1 aliphatic rings. The van der Waals surface area contributed by atoms with Gasteiger partial charge in [0.2, 0.25) is 5.91 Å². The van der Waals surface area contributed by atoms with Crippen LogP contribution < -0.4 is 15.8 Å². The molecular weight excluding hydrogens is 314 g/mol. The summed E-state index contributed by atoms with van der Waals surface area (Å²) >= 11 is 0. The highest BCUT2D eigenvalue weighted by Gasteiger charge is 2.28. The molecule has 3 N–H and O–H groups in total. The fraction of sp³-hybridized carbons (Fsp3) is 0.650. The molecule has 1 heterocycles. The molecule has 1 aliphatic heterocycles. The standard InChI is InChI=1S/C20H33N3O2/c1-20(2,3)18(21)19(24)22-13-15-9-11-23(12-10-15)14-16-5-7-17(25-4)8-6-16/h5-8,15,18H,9-14,21H2,1-4H3,(H,22,24)/t18-/m1/s1. The maximum Gasteiger partial charge on any atom is 0.237 e. The van der Waals surface area contributed by atoms with E-state index in [2.05, 4.69) is 22.3 Å². The van der Waals surface area contributed by atoms with Crippen LogP contribution in [-0.4, -0.2) is 43.6 Å². The van der Waals surface area contributed by atoms with Gasteiger partial charge in [0.05, 0.1) is 13.2 Å². The summed E-state index contributed by atoms with van der Waals surface area (Å²) in [5.74, 6) is 1.41. The third kappa shape index (κ3) is 6.01. The van der Waals surface area contributed by atoms with E-state index >= 15 is 0 Å². The topological polar surface area (TPSA) is 67.6 Å². The lowest BCUT2D eigenvalue weighted by atomic mass is 9.86. The van der Waals surface area contributed by atoms with Gasteiger partial charge in [0.15, 0.2) is 0 Å². The molecule has 25 heavy (non-hydrogen) atoms. The average Bonchev–Trinajstić information content (AvgIpc) is 2.60. The van der Waals surface area contributed by atoms with Gasteiger partial charge >= 0.3 is 0 Å². The van der Waals surface area contributed by atoms with Crippen molar-refractivity contribution in [2.24, 2.45) is 17.1 Å². The van der Waals surface area contributed by atoms with Crippen LogP contribution in [0.4, 0.5) is 0 Å². The minimum atomic E-state index is -0.456. The van der Waals surface area contributed by atoms with E-state index in [0.717, 1.165) is 44.8 Å². The lowest BCUT2D eigenvalue weighted by molar-refractivity contribution is -0.124. The summed E-state index contributed by atoms with van der Waals surface area (Å²) in [7, 11) is 1.69. The summed E-state index contributed by atoms with van der Waals surface area (Å²) in [6, 6.07) is 7.81. The first-order valence-corrected chi connectivity index (χ1v) is 9.18. The van der Waals surface area contributed by atoms with Crippen molar-refractivity contribution in [3.05, 3.63) is 29.8 Å². The van der Waals surface area contributed by atoms with E-state index in [-0.39, 0.29) is 11.3 Å². The van der Waals surface area contributed by atoms with Crippen LogP contribution in [0.1, 0.15) is 39.2 Å². The van der Waals surface area contributed by atoms with Gasteiger partial charge in [-0.25, -0.2) is 0 Å². The number of nitrogens with zero attached hydrogens (tertiary/aromatic N) is 1. The number of nitrogens with two attached hydrogens (primary N) is 1. The Bertz CT molecular complexity index is 543. The maximum absolute atomic E-state index is 12.1. The van der Waals surface area contributed by atoms with E-state index in [0.29, 0.717) is 5.92 Å². The van der Waals surface area contributed by atoms with Crippen LogP contribution >= 0.6 is 0 Å². The number of hydrogen-bond donors (Lipinski definition) is 2. The third-order valence-corrected chi connectivity index (χ3v) is 5.05. The number of nitrogens with one attached hydrogen (secondary N) is 1. The molecule has 0 aliphatic carbocycles. The third-order valence-electron chi connectivity index (χ3n) is 5.05. The summed E-state index contributed by atoms with van der Waals surface area (Å²) in [4.78, 5) is 14.6. The molecule has 0 spiro atoms. The van der Waals surface area contributed by atoms with Crippen molar-refractivity contribution in [1.82, 2.24) is 10.2 Å². The molecule has 140 valence electrons. The molecule has 1 atom stereocenters. The number of carbonyl (C=O) groups is 1. The van der Waals surface area contributed by atoms with Crippen molar-refractivity contribution in [1.29, 1.82) is 0 Å². The molecule has 2 rings (SSSR count). The van der Waals surface area contributed by atoms with Crippen molar-refractivity contribution in [2.75, 3.05) is 26.7 Å². The Hall–Kier alpha value is -1.59. The Morgan fingerprint density at radius 1 is 1.28 bits per heavy atom. The van der Waals surface area contributed by atoms with Gasteiger partial charge in [-0.3, -0.25) is 9.69 Å². The Morgan fingerprint density at radius 3 is 2.40 bits per heavy atom. The van der Waals surface area contributed by atoms with Crippen LogP contribution in [0.15, 0.2) is 24.3 Å². The highest BCUT2D eigenvalue weighted by atomic mass is 16.5. The maximum atomic E-state index is 12.1. The van der Waals surface area contributed by atoms with Crippen LogP contribution in [0.5, 0.6) is 5.75 Å². The lowest BCUT2D eigenvalue weighted by Crippen LogP contribution is -2.50. The predicted octanol–water partition coefficient (Wildman–Crippen LogP) is 2.40. The van der Waals surface area contributed by atoms with Crippen LogP contribution in [0.3, 0.4) is 0 Å². The van der Waals surface area contributed by atoms with E-state index in [1.54, 1.807) is 7.11 Å². The number of ether oxygens (including phenoxy) is 1. The van der Waals surface area contributed by atoms with Crippen molar-refractivity contribution >= 4 is 5.91 Å². The Labute approximate surface area is 151 Å². The number of methoxy groups -OCH3 is 1. The van der Waals surface area contributed by atoms with E-state index in [4.69, 9.17) is 10.5 Å². The minimum absolute atomic E-state index is 0.0341. The molecule has 1 aromatic rings. The lowest BCUT2D eigenvalue weighted by Gasteiger charge is -2.33. The van der Waals surface area contributed by atoms with Crippen molar-refractivity contribution in [3.63, 3.8) is 0 Å². The van der Waals surface area contributed by atoms with E-state index in [9.17, 15) is 4.79 Å². The predicted molar refractivity (Wildman–Crippen MR) is 101 cm³/mol. The molecule has 1 amide bonds. The molecule has 5 heteroatoms. The van der Waals surface area contributed by atoms with E-state index in [1.807, 2.05) is 32.9 Å². The number of benzene rings is 1. The van der Waals surface area contributed by atoms with Gasteiger partial charge in [-0.1, -0.05) is 32.9 Å². The van der Waals surface area contributed by atoms with Crippen LogP contribution in [0.25, 0.3) is 0 Å². The first-order valence-electron chi connectivity index (χ1n) is 9.18. The Morgan fingerprint density at radius 2 is 1.88 bits per heavy atom. The molecule has 0 unspecified atom stereocenters. The summed E-state index contributed by atoms with van der Waals surface area (Å²) in [6.45, 7) is 9.82. The monoisotopic (exact) mass is 347 g/mol.